The fourth-order valence-electron chi connectivity index (χ4n) is 2.15. The quantitative estimate of drug-likeness (QED) is 0.821. The number of hydrogen-bond donors (Lipinski definition) is 2. The minimum atomic E-state index is -4.50. The summed E-state index contributed by atoms with van der Waals surface area (Å²) in [6, 6.07) is 9.78. The lowest BCUT2D eigenvalue weighted by atomic mass is 10.1. The van der Waals surface area contributed by atoms with Crippen LogP contribution in [0.15, 0.2) is 48.5 Å². The summed E-state index contributed by atoms with van der Waals surface area (Å²) in [6.07, 6.45) is -5.87. The molecule has 0 bridgehead atoms. The van der Waals surface area contributed by atoms with Gasteiger partial charge in [-0.2, -0.15) is 13.2 Å². The van der Waals surface area contributed by atoms with Crippen LogP contribution < -0.4 is 5.32 Å². The van der Waals surface area contributed by atoms with Crippen LogP contribution in [-0.4, -0.2) is 17.6 Å². The normalized spacial score (nSPS) is 12.7. The number of carbonyl (C=O) groups is 1. The van der Waals surface area contributed by atoms with E-state index >= 15 is 0 Å². The molecule has 7 heteroatoms. The number of benzene rings is 2. The molecule has 0 heterocycles. The Balaban J connectivity index is 1.93. The second-order valence-electron chi connectivity index (χ2n) is 5.25. The van der Waals surface area contributed by atoms with Gasteiger partial charge >= 0.3 is 6.18 Å². The number of hydrogen-bond acceptors (Lipinski definition) is 2. The highest BCUT2D eigenvalue weighted by atomic mass is 19.4. The first-order valence-electron chi connectivity index (χ1n) is 7.12. The molecule has 0 aliphatic heterocycles. The summed E-state index contributed by atoms with van der Waals surface area (Å²) in [7, 11) is 0. The average molecular weight is 341 g/mol. The number of carbonyl (C=O) groups excluding carboxylic acids is 1. The second-order valence-corrected chi connectivity index (χ2v) is 5.25. The van der Waals surface area contributed by atoms with Crippen molar-refractivity contribution in [2.45, 2.75) is 18.7 Å². The minimum Gasteiger partial charge on any atom is -0.387 e. The van der Waals surface area contributed by atoms with Gasteiger partial charge in [0.25, 0.3) is 0 Å². The summed E-state index contributed by atoms with van der Waals surface area (Å²) in [5.41, 5.74) is -0.359. The van der Waals surface area contributed by atoms with Crippen LogP contribution in [0.1, 0.15) is 22.8 Å². The Hall–Kier alpha value is -2.41. The molecule has 1 amide bonds. The molecule has 2 aromatic carbocycles. The molecule has 0 aromatic heterocycles. The highest BCUT2D eigenvalue weighted by Gasteiger charge is 2.30. The summed E-state index contributed by atoms with van der Waals surface area (Å²) >= 11 is 0. The van der Waals surface area contributed by atoms with Gasteiger partial charge in [0.1, 0.15) is 5.82 Å². The van der Waals surface area contributed by atoms with E-state index < -0.39 is 29.6 Å². The topological polar surface area (TPSA) is 49.3 Å². The molecule has 0 saturated heterocycles. The van der Waals surface area contributed by atoms with Gasteiger partial charge in [0.2, 0.25) is 5.91 Å². The molecule has 128 valence electrons. The molecule has 0 fully saturated rings. The van der Waals surface area contributed by atoms with Crippen molar-refractivity contribution in [1.29, 1.82) is 0 Å². The van der Waals surface area contributed by atoms with E-state index in [2.05, 4.69) is 5.32 Å². The van der Waals surface area contributed by atoms with Crippen LogP contribution >= 0.6 is 0 Å². The number of aliphatic hydroxyl groups is 1. The monoisotopic (exact) mass is 341 g/mol. The lowest BCUT2D eigenvalue weighted by molar-refractivity contribution is -0.137. The molecule has 3 nitrogen and oxygen atoms in total. The second kappa shape index (κ2) is 7.44. The Morgan fingerprint density at radius 2 is 1.83 bits per heavy atom. The largest absolute Gasteiger partial charge is 0.416 e. The SMILES string of the molecule is O=C(Cc1cccc(F)c1)NCC(O)c1cccc(C(F)(F)F)c1. The lowest BCUT2D eigenvalue weighted by Gasteiger charge is -2.14. The maximum Gasteiger partial charge on any atom is 0.416 e. The summed E-state index contributed by atoms with van der Waals surface area (Å²) in [4.78, 5) is 11.8. The fraction of sp³-hybridized carbons (Fsp3) is 0.235. The number of rotatable bonds is 5. The predicted molar refractivity (Wildman–Crippen MR) is 79.5 cm³/mol. The van der Waals surface area contributed by atoms with Crippen LogP contribution in [0.5, 0.6) is 0 Å². The van der Waals surface area contributed by atoms with Gasteiger partial charge in [-0.05, 0) is 35.4 Å². The van der Waals surface area contributed by atoms with E-state index in [1.807, 2.05) is 0 Å². The van der Waals surface area contributed by atoms with E-state index in [-0.39, 0.29) is 18.5 Å². The molecular weight excluding hydrogens is 326 g/mol. The Kier molecular flexibility index (Phi) is 5.56. The van der Waals surface area contributed by atoms with Crippen molar-refractivity contribution in [3.63, 3.8) is 0 Å². The third-order valence-electron chi connectivity index (χ3n) is 3.35. The summed E-state index contributed by atoms with van der Waals surface area (Å²) in [5.74, 6) is -0.934. The van der Waals surface area contributed by atoms with E-state index in [1.54, 1.807) is 6.07 Å². The number of halogens is 4. The summed E-state index contributed by atoms with van der Waals surface area (Å²) in [6.45, 7) is -0.241. The zero-order valence-electron chi connectivity index (χ0n) is 12.5. The standard InChI is InChI=1S/C17H15F4NO2/c18-14-6-1-3-11(7-14)8-16(24)22-10-15(23)12-4-2-5-13(9-12)17(19,20)21/h1-7,9,15,23H,8,10H2,(H,22,24). The molecule has 0 saturated carbocycles. The first kappa shape index (κ1) is 17.9. The summed E-state index contributed by atoms with van der Waals surface area (Å²) < 4.78 is 50.9. The summed E-state index contributed by atoms with van der Waals surface area (Å²) in [5, 5.41) is 12.3. The van der Waals surface area contributed by atoms with Crippen LogP contribution in [0, 0.1) is 5.82 Å². The highest BCUT2D eigenvalue weighted by molar-refractivity contribution is 5.78. The minimum absolute atomic E-state index is 0.0517. The van der Waals surface area contributed by atoms with Crippen molar-refractivity contribution in [1.82, 2.24) is 5.32 Å². The van der Waals surface area contributed by atoms with Gasteiger partial charge in [-0.1, -0.05) is 24.3 Å². The lowest BCUT2D eigenvalue weighted by Crippen LogP contribution is -2.29. The highest BCUT2D eigenvalue weighted by Crippen LogP contribution is 2.30. The van der Waals surface area contributed by atoms with Gasteiger partial charge < -0.3 is 10.4 Å². The van der Waals surface area contributed by atoms with Gasteiger partial charge in [0.15, 0.2) is 0 Å². The molecule has 2 aromatic rings. The van der Waals surface area contributed by atoms with Crippen molar-refractivity contribution in [2.24, 2.45) is 0 Å². The van der Waals surface area contributed by atoms with E-state index in [0.717, 1.165) is 12.1 Å². The van der Waals surface area contributed by atoms with Crippen LogP contribution in [0.2, 0.25) is 0 Å². The Bertz CT molecular complexity index is 716. The Morgan fingerprint density at radius 1 is 1.12 bits per heavy atom. The van der Waals surface area contributed by atoms with Crippen molar-refractivity contribution >= 4 is 5.91 Å². The number of alkyl halides is 3. The van der Waals surface area contributed by atoms with Gasteiger partial charge in [0, 0.05) is 6.54 Å². The third kappa shape index (κ3) is 5.06. The number of aliphatic hydroxyl groups excluding tert-OH is 1. The van der Waals surface area contributed by atoms with Gasteiger partial charge in [-0.3, -0.25) is 4.79 Å². The molecule has 1 atom stereocenters. The first-order chi connectivity index (χ1) is 11.3. The maximum atomic E-state index is 13.0. The Labute approximate surface area is 135 Å². The first-order valence-corrected chi connectivity index (χ1v) is 7.12. The van der Waals surface area contributed by atoms with Crippen molar-refractivity contribution in [2.75, 3.05) is 6.54 Å². The molecular formula is C17H15F4NO2. The maximum absolute atomic E-state index is 13.0. The van der Waals surface area contributed by atoms with Crippen molar-refractivity contribution in [3.05, 3.63) is 71.0 Å². The van der Waals surface area contributed by atoms with Crippen LogP contribution in [-0.2, 0) is 17.4 Å². The van der Waals surface area contributed by atoms with Crippen LogP contribution in [0.25, 0.3) is 0 Å². The molecule has 1 unspecified atom stereocenters. The molecule has 0 aliphatic rings. The fourth-order valence-corrected chi connectivity index (χ4v) is 2.15. The molecule has 2 rings (SSSR count). The zero-order valence-corrected chi connectivity index (χ0v) is 12.5. The van der Waals surface area contributed by atoms with Crippen molar-refractivity contribution < 1.29 is 27.5 Å². The van der Waals surface area contributed by atoms with Crippen LogP contribution in [0.4, 0.5) is 17.6 Å². The van der Waals surface area contributed by atoms with Crippen molar-refractivity contribution in [3.8, 4) is 0 Å². The number of nitrogens with one attached hydrogen (secondary N) is 1. The average Bonchev–Trinajstić information content (AvgIpc) is 2.52. The predicted octanol–water partition coefficient (Wildman–Crippen LogP) is 3.24. The molecule has 0 radical (unpaired) electrons. The van der Waals surface area contributed by atoms with Gasteiger partial charge in [0.05, 0.1) is 18.1 Å². The number of amides is 1. The van der Waals surface area contributed by atoms with Gasteiger partial charge in [-0.25, -0.2) is 4.39 Å². The molecule has 2 N–H and O–H groups in total. The van der Waals surface area contributed by atoms with Crippen LogP contribution in [0.3, 0.4) is 0 Å². The Morgan fingerprint density at radius 3 is 2.50 bits per heavy atom. The van der Waals surface area contributed by atoms with E-state index in [0.29, 0.717) is 5.56 Å². The van der Waals surface area contributed by atoms with E-state index in [4.69, 9.17) is 0 Å². The molecule has 24 heavy (non-hydrogen) atoms. The van der Waals surface area contributed by atoms with E-state index in [9.17, 15) is 27.5 Å². The smallest absolute Gasteiger partial charge is 0.387 e. The molecule has 0 aliphatic carbocycles. The molecule has 0 spiro atoms. The zero-order chi connectivity index (χ0) is 17.7. The van der Waals surface area contributed by atoms with E-state index in [1.165, 1.54) is 30.3 Å². The van der Waals surface area contributed by atoms with Gasteiger partial charge in [-0.15, -0.1) is 0 Å². The third-order valence-corrected chi connectivity index (χ3v) is 3.35.